The van der Waals surface area contributed by atoms with Crippen LogP contribution in [0.4, 0.5) is 4.79 Å². The van der Waals surface area contributed by atoms with E-state index in [2.05, 4.69) is 15.4 Å². The number of piperazine rings is 1. The van der Waals surface area contributed by atoms with Crippen molar-refractivity contribution in [2.75, 3.05) is 46.4 Å². The maximum absolute atomic E-state index is 12.1. The van der Waals surface area contributed by atoms with Crippen molar-refractivity contribution in [3.8, 4) is 11.5 Å². The summed E-state index contributed by atoms with van der Waals surface area (Å²) in [5.74, 6) is 0.638. The Bertz CT molecular complexity index is 704. The maximum atomic E-state index is 12.1. The number of hydrogen-bond acceptors (Lipinski definition) is 7. The number of aromatic nitrogens is 1. The predicted octanol–water partition coefficient (Wildman–Crippen LogP) is 1.05. The number of amides is 2. The average Bonchev–Trinajstić information content (AvgIpc) is 3.32. The number of carbonyl (C=O) groups is 2. The van der Waals surface area contributed by atoms with Crippen LogP contribution in [0.5, 0.6) is 0 Å². The highest BCUT2D eigenvalue weighted by Gasteiger charge is 2.21. The van der Waals surface area contributed by atoms with Gasteiger partial charge in [0.05, 0.1) is 13.4 Å². The average molecular weight is 348 g/mol. The fourth-order valence-electron chi connectivity index (χ4n) is 2.62. The van der Waals surface area contributed by atoms with Gasteiger partial charge in [-0.2, -0.15) is 0 Å². The summed E-state index contributed by atoms with van der Waals surface area (Å²) in [5, 5.41) is 6.57. The van der Waals surface area contributed by atoms with Gasteiger partial charge in [-0.05, 0) is 12.1 Å². The third-order valence-corrected chi connectivity index (χ3v) is 4.03. The molecule has 1 aliphatic heterocycles. The first kappa shape index (κ1) is 17.0. The zero-order chi connectivity index (χ0) is 17.6. The first-order valence-corrected chi connectivity index (χ1v) is 8.01. The zero-order valence-electron chi connectivity index (χ0n) is 13.9. The summed E-state index contributed by atoms with van der Waals surface area (Å²) < 4.78 is 15.0. The second kappa shape index (κ2) is 7.84. The van der Waals surface area contributed by atoms with Gasteiger partial charge in [-0.15, -0.1) is 0 Å². The second-order valence-corrected chi connectivity index (χ2v) is 5.61. The fourth-order valence-corrected chi connectivity index (χ4v) is 2.62. The molecule has 1 fully saturated rings. The van der Waals surface area contributed by atoms with Gasteiger partial charge in [0, 0.05) is 45.3 Å². The van der Waals surface area contributed by atoms with Crippen LogP contribution >= 0.6 is 0 Å². The van der Waals surface area contributed by atoms with E-state index < -0.39 is 0 Å². The van der Waals surface area contributed by atoms with Crippen LogP contribution in [0.3, 0.4) is 0 Å². The molecule has 0 aliphatic carbocycles. The Hall–Kier alpha value is -2.81. The number of ether oxygens (including phenoxy) is 1. The third-order valence-electron chi connectivity index (χ3n) is 4.03. The van der Waals surface area contributed by atoms with Crippen LogP contribution in [-0.2, 0) is 4.74 Å². The molecule has 0 saturated carbocycles. The van der Waals surface area contributed by atoms with Crippen LogP contribution in [-0.4, -0.2) is 73.3 Å². The molecular weight excluding hydrogens is 328 g/mol. The van der Waals surface area contributed by atoms with Crippen LogP contribution in [0.2, 0.25) is 0 Å². The van der Waals surface area contributed by atoms with Crippen LogP contribution in [0, 0.1) is 0 Å². The summed E-state index contributed by atoms with van der Waals surface area (Å²) in [5.41, 5.74) is 0.210. The third kappa shape index (κ3) is 4.18. The Balaban J connectivity index is 1.41. The highest BCUT2D eigenvalue weighted by molar-refractivity contribution is 5.92. The predicted molar refractivity (Wildman–Crippen MR) is 87.0 cm³/mol. The van der Waals surface area contributed by atoms with Crippen molar-refractivity contribution in [2.45, 2.75) is 0 Å². The monoisotopic (exact) mass is 348 g/mol. The maximum Gasteiger partial charge on any atom is 0.409 e. The van der Waals surface area contributed by atoms with E-state index >= 15 is 0 Å². The molecule has 2 aromatic rings. The standard InChI is InChI=1S/C16H20N4O5/c1-23-16(22)20-8-6-19(7-9-20)5-4-17-15(21)12-11-14(25-18-12)13-3-2-10-24-13/h2-3,10-11H,4-9H2,1H3,(H,17,21). The minimum Gasteiger partial charge on any atom is -0.461 e. The van der Waals surface area contributed by atoms with Crippen molar-refractivity contribution >= 4 is 12.0 Å². The van der Waals surface area contributed by atoms with E-state index in [1.807, 2.05) is 0 Å². The van der Waals surface area contributed by atoms with Gasteiger partial charge < -0.3 is 23.9 Å². The largest absolute Gasteiger partial charge is 0.461 e. The van der Waals surface area contributed by atoms with Crippen molar-refractivity contribution in [3.05, 3.63) is 30.2 Å². The van der Waals surface area contributed by atoms with E-state index in [9.17, 15) is 9.59 Å². The molecule has 0 bridgehead atoms. The van der Waals surface area contributed by atoms with Crippen LogP contribution in [0.15, 0.2) is 33.4 Å². The number of nitrogens with zero attached hydrogens (tertiary/aromatic N) is 3. The second-order valence-electron chi connectivity index (χ2n) is 5.61. The lowest BCUT2D eigenvalue weighted by Gasteiger charge is -2.33. The summed E-state index contributed by atoms with van der Waals surface area (Å²) in [4.78, 5) is 27.4. The number of rotatable bonds is 5. The molecule has 1 saturated heterocycles. The SMILES string of the molecule is COC(=O)N1CCN(CCNC(=O)c2cc(-c3ccco3)on2)CC1. The molecule has 2 amide bonds. The minimum absolute atomic E-state index is 0.210. The summed E-state index contributed by atoms with van der Waals surface area (Å²) >= 11 is 0. The van der Waals surface area contributed by atoms with Gasteiger partial charge in [0.2, 0.25) is 5.76 Å². The van der Waals surface area contributed by atoms with Crippen LogP contribution < -0.4 is 5.32 Å². The number of hydrogen-bond donors (Lipinski definition) is 1. The van der Waals surface area contributed by atoms with Gasteiger partial charge in [-0.1, -0.05) is 5.16 Å². The van der Waals surface area contributed by atoms with Crippen molar-refractivity contribution < 1.29 is 23.3 Å². The number of furan rings is 1. The summed E-state index contributed by atoms with van der Waals surface area (Å²) in [6, 6.07) is 5.01. The quantitative estimate of drug-likeness (QED) is 0.862. The normalized spacial score (nSPS) is 15.2. The zero-order valence-corrected chi connectivity index (χ0v) is 13.9. The number of carbonyl (C=O) groups excluding carboxylic acids is 2. The lowest BCUT2D eigenvalue weighted by atomic mass is 10.3. The van der Waals surface area contributed by atoms with Crippen molar-refractivity contribution in [1.29, 1.82) is 0 Å². The Morgan fingerprint density at radius 1 is 1.28 bits per heavy atom. The lowest BCUT2D eigenvalue weighted by Crippen LogP contribution is -2.50. The molecule has 0 radical (unpaired) electrons. The van der Waals surface area contributed by atoms with Crippen molar-refractivity contribution in [2.24, 2.45) is 0 Å². The van der Waals surface area contributed by atoms with Gasteiger partial charge in [0.15, 0.2) is 11.5 Å². The molecule has 1 N–H and O–H groups in total. The van der Waals surface area contributed by atoms with Gasteiger partial charge in [0.1, 0.15) is 0 Å². The smallest absolute Gasteiger partial charge is 0.409 e. The molecule has 134 valence electrons. The molecule has 2 aromatic heterocycles. The molecular formula is C16H20N4O5. The van der Waals surface area contributed by atoms with E-state index in [1.165, 1.54) is 13.4 Å². The fraction of sp³-hybridized carbons (Fsp3) is 0.438. The Labute approximate surface area is 144 Å². The molecule has 0 unspecified atom stereocenters. The van der Waals surface area contributed by atoms with Crippen molar-refractivity contribution in [3.63, 3.8) is 0 Å². The molecule has 9 heteroatoms. The molecule has 0 aromatic carbocycles. The van der Waals surface area contributed by atoms with Gasteiger partial charge in [-0.3, -0.25) is 9.69 Å². The van der Waals surface area contributed by atoms with Crippen LogP contribution in [0.1, 0.15) is 10.5 Å². The molecule has 3 heterocycles. The lowest BCUT2D eigenvalue weighted by molar-refractivity contribution is 0.0881. The first-order valence-electron chi connectivity index (χ1n) is 8.01. The molecule has 0 atom stereocenters. The highest BCUT2D eigenvalue weighted by Crippen LogP contribution is 2.20. The number of methoxy groups -OCH3 is 1. The summed E-state index contributed by atoms with van der Waals surface area (Å²) in [6.07, 6.45) is 1.23. The van der Waals surface area contributed by atoms with Gasteiger partial charge in [0.25, 0.3) is 5.91 Å². The highest BCUT2D eigenvalue weighted by atomic mass is 16.5. The number of nitrogens with one attached hydrogen (secondary N) is 1. The molecule has 3 rings (SSSR count). The Kier molecular flexibility index (Phi) is 5.34. The molecule has 25 heavy (non-hydrogen) atoms. The van der Waals surface area contributed by atoms with E-state index in [4.69, 9.17) is 13.7 Å². The summed E-state index contributed by atoms with van der Waals surface area (Å²) in [7, 11) is 1.38. The van der Waals surface area contributed by atoms with Crippen molar-refractivity contribution in [1.82, 2.24) is 20.3 Å². The topological polar surface area (TPSA) is 101 Å². The van der Waals surface area contributed by atoms with E-state index in [-0.39, 0.29) is 17.7 Å². The molecule has 1 aliphatic rings. The Morgan fingerprint density at radius 3 is 2.76 bits per heavy atom. The minimum atomic E-state index is -0.300. The van der Waals surface area contributed by atoms with E-state index in [0.717, 1.165) is 13.1 Å². The van der Waals surface area contributed by atoms with E-state index in [1.54, 1.807) is 23.1 Å². The first-order chi connectivity index (χ1) is 12.2. The molecule has 0 spiro atoms. The molecule has 9 nitrogen and oxygen atoms in total. The van der Waals surface area contributed by atoms with Crippen LogP contribution in [0.25, 0.3) is 11.5 Å². The van der Waals surface area contributed by atoms with Gasteiger partial charge >= 0.3 is 6.09 Å². The Morgan fingerprint density at radius 2 is 2.08 bits per heavy atom. The summed E-state index contributed by atoms with van der Waals surface area (Å²) in [6.45, 7) is 3.92. The van der Waals surface area contributed by atoms with Gasteiger partial charge in [-0.25, -0.2) is 4.79 Å². The van der Waals surface area contributed by atoms with E-state index in [0.29, 0.717) is 37.7 Å².